The summed E-state index contributed by atoms with van der Waals surface area (Å²) in [4.78, 5) is 19.7. The van der Waals surface area contributed by atoms with Gasteiger partial charge < -0.3 is 10.3 Å². The van der Waals surface area contributed by atoms with Gasteiger partial charge in [-0.2, -0.15) is 0 Å². The van der Waals surface area contributed by atoms with Gasteiger partial charge in [0.25, 0.3) is 5.56 Å². The molecule has 0 spiro atoms. The molecule has 0 bridgehead atoms. The number of nitrogens with one attached hydrogen (secondary N) is 2. The fraction of sp³-hybridized carbons (Fsp3) is 0.375. The molecule has 6 heteroatoms. The van der Waals surface area contributed by atoms with Gasteiger partial charge in [0.2, 0.25) is 0 Å². The van der Waals surface area contributed by atoms with Gasteiger partial charge in [-0.1, -0.05) is 32.4 Å². The van der Waals surface area contributed by atoms with Crippen LogP contribution in [0.2, 0.25) is 5.02 Å². The Morgan fingerprint density at radius 3 is 2.86 bits per heavy atom. The average Bonchev–Trinajstić information content (AvgIpc) is 2.76. The topological polar surface area (TPSA) is 57.8 Å². The van der Waals surface area contributed by atoms with Crippen molar-refractivity contribution in [2.75, 3.05) is 6.54 Å². The lowest BCUT2D eigenvalue weighted by Crippen LogP contribution is -2.28. The maximum absolute atomic E-state index is 12.3. The summed E-state index contributed by atoms with van der Waals surface area (Å²) >= 11 is 7.52. The van der Waals surface area contributed by atoms with Gasteiger partial charge in [-0.05, 0) is 23.6 Å². The second-order valence-electron chi connectivity index (χ2n) is 6.60. The van der Waals surface area contributed by atoms with Crippen molar-refractivity contribution in [1.29, 1.82) is 0 Å². The summed E-state index contributed by atoms with van der Waals surface area (Å²) in [6, 6.07) is 5.63. The van der Waals surface area contributed by atoms with Crippen LogP contribution in [0.4, 0.5) is 0 Å². The maximum atomic E-state index is 12.3. The Hall–Kier alpha value is -1.43. The Balaban J connectivity index is 2.01. The first-order valence-electron chi connectivity index (χ1n) is 7.15. The molecule has 0 unspecified atom stereocenters. The standard InChI is InChI=1S/C16H18ClN3OS/c1-16(2,3)8-18-7-12-19-13-10-6-9(17)4-5-11(10)22-14(13)15(21)20-12/h4-6,18H,7-8H2,1-3H3,(H,19,20,21). The van der Waals surface area contributed by atoms with Crippen molar-refractivity contribution in [3.63, 3.8) is 0 Å². The number of rotatable bonds is 3. The van der Waals surface area contributed by atoms with Crippen LogP contribution in [-0.4, -0.2) is 16.5 Å². The Labute approximate surface area is 137 Å². The monoisotopic (exact) mass is 335 g/mol. The van der Waals surface area contributed by atoms with Crippen molar-refractivity contribution < 1.29 is 0 Å². The van der Waals surface area contributed by atoms with E-state index in [0.29, 0.717) is 22.1 Å². The minimum atomic E-state index is -0.0881. The van der Waals surface area contributed by atoms with Crippen LogP contribution in [-0.2, 0) is 6.54 Å². The molecule has 2 N–H and O–H groups in total. The summed E-state index contributed by atoms with van der Waals surface area (Å²) < 4.78 is 1.68. The van der Waals surface area contributed by atoms with Crippen LogP contribution in [0.1, 0.15) is 26.6 Å². The highest BCUT2D eigenvalue weighted by atomic mass is 35.5. The number of thiophene rings is 1. The third kappa shape index (κ3) is 3.16. The number of aromatic amines is 1. The number of aromatic nitrogens is 2. The van der Waals surface area contributed by atoms with E-state index in [9.17, 15) is 4.79 Å². The Bertz CT molecular complexity index is 892. The van der Waals surface area contributed by atoms with Crippen LogP contribution in [0.15, 0.2) is 23.0 Å². The van der Waals surface area contributed by atoms with Gasteiger partial charge in [-0.25, -0.2) is 4.98 Å². The third-order valence-electron chi connectivity index (χ3n) is 3.28. The van der Waals surface area contributed by atoms with Crippen molar-refractivity contribution in [2.45, 2.75) is 27.3 Å². The molecule has 0 aliphatic rings. The molecule has 22 heavy (non-hydrogen) atoms. The number of benzene rings is 1. The molecule has 3 aromatic rings. The highest BCUT2D eigenvalue weighted by molar-refractivity contribution is 7.25. The predicted octanol–water partition coefficient (Wildman–Crippen LogP) is 3.93. The van der Waals surface area contributed by atoms with Crippen LogP contribution in [0, 0.1) is 5.41 Å². The second-order valence-corrected chi connectivity index (χ2v) is 8.09. The van der Waals surface area contributed by atoms with Gasteiger partial charge >= 0.3 is 0 Å². The lowest BCUT2D eigenvalue weighted by molar-refractivity contribution is 0.377. The number of fused-ring (bicyclic) bond motifs is 3. The molecule has 0 amide bonds. The summed E-state index contributed by atoms with van der Waals surface area (Å²) in [6.07, 6.45) is 0. The van der Waals surface area contributed by atoms with Gasteiger partial charge in [-0.3, -0.25) is 4.79 Å². The molecular formula is C16H18ClN3OS. The Kier molecular flexibility index (Phi) is 3.97. The van der Waals surface area contributed by atoms with Crippen molar-refractivity contribution >= 4 is 43.2 Å². The van der Waals surface area contributed by atoms with Crippen LogP contribution < -0.4 is 10.9 Å². The van der Waals surface area contributed by atoms with Crippen LogP contribution >= 0.6 is 22.9 Å². The third-order valence-corrected chi connectivity index (χ3v) is 4.68. The van der Waals surface area contributed by atoms with E-state index in [2.05, 4.69) is 36.1 Å². The first-order valence-corrected chi connectivity index (χ1v) is 8.35. The second kappa shape index (κ2) is 5.65. The lowest BCUT2D eigenvalue weighted by Gasteiger charge is -2.18. The smallest absolute Gasteiger partial charge is 0.268 e. The SMILES string of the molecule is CC(C)(C)CNCc1nc2c(sc3ccc(Cl)cc32)c(=O)[nH]1. The van der Waals surface area contributed by atoms with Gasteiger partial charge in [0.05, 0.1) is 12.1 Å². The Morgan fingerprint density at radius 2 is 2.14 bits per heavy atom. The summed E-state index contributed by atoms with van der Waals surface area (Å²) in [6.45, 7) is 7.88. The van der Waals surface area contributed by atoms with Crippen LogP contribution in [0.25, 0.3) is 20.3 Å². The van der Waals surface area contributed by atoms with Crippen molar-refractivity contribution in [3.8, 4) is 0 Å². The van der Waals surface area contributed by atoms with E-state index in [4.69, 9.17) is 11.6 Å². The molecule has 0 aliphatic heterocycles. The molecule has 116 valence electrons. The molecule has 2 aromatic heterocycles. The molecule has 0 radical (unpaired) electrons. The molecular weight excluding hydrogens is 318 g/mol. The molecule has 1 aromatic carbocycles. The van der Waals surface area contributed by atoms with Gasteiger partial charge in [-0.15, -0.1) is 11.3 Å². The van der Waals surface area contributed by atoms with Gasteiger partial charge in [0.15, 0.2) is 0 Å². The molecule has 3 rings (SSSR count). The number of nitrogens with zero attached hydrogens (tertiary/aromatic N) is 1. The van der Waals surface area contributed by atoms with E-state index in [1.165, 1.54) is 11.3 Å². The molecule has 0 saturated carbocycles. The minimum absolute atomic E-state index is 0.0881. The lowest BCUT2D eigenvalue weighted by atomic mass is 9.97. The van der Waals surface area contributed by atoms with E-state index >= 15 is 0 Å². The number of hydrogen-bond acceptors (Lipinski definition) is 4. The van der Waals surface area contributed by atoms with E-state index in [1.54, 1.807) is 0 Å². The first-order chi connectivity index (χ1) is 10.3. The quantitative estimate of drug-likeness (QED) is 0.762. The zero-order chi connectivity index (χ0) is 15.9. The van der Waals surface area contributed by atoms with Gasteiger partial charge in [0.1, 0.15) is 10.5 Å². The Morgan fingerprint density at radius 1 is 1.36 bits per heavy atom. The zero-order valence-corrected chi connectivity index (χ0v) is 14.4. The van der Waals surface area contributed by atoms with Crippen LogP contribution in [0.5, 0.6) is 0 Å². The van der Waals surface area contributed by atoms with Crippen molar-refractivity contribution in [1.82, 2.24) is 15.3 Å². The summed E-state index contributed by atoms with van der Waals surface area (Å²) in [7, 11) is 0. The zero-order valence-electron chi connectivity index (χ0n) is 12.8. The van der Waals surface area contributed by atoms with E-state index in [-0.39, 0.29) is 11.0 Å². The van der Waals surface area contributed by atoms with Crippen molar-refractivity contribution in [3.05, 3.63) is 39.4 Å². The van der Waals surface area contributed by atoms with E-state index in [1.807, 2.05) is 18.2 Å². The highest BCUT2D eigenvalue weighted by Gasteiger charge is 2.13. The molecule has 0 aliphatic carbocycles. The highest BCUT2D eigenvalue weighted by Crippen LogP contribution is 2.32. The van der Waals surface area contributed by atoms with Gasteiger partial charge in [0, 0.05) is 21.7 Å². The van der Waals surface area contributed by atoms with Crippen molar-refractivity contribution in [2.24, 2.45) is 5.41 Å². The summed E-state index contributed by atoms with van der Waals surface area (Å²) in [5.41, 5.74) is 0.834. The van der Waals surface area contributed by atoms with E-state index in [0.717, 1.165) is 22.1 Å². The molecule has 0 saturated heterocycles. The maximum Gasteiger partial charge on any atom is 0.268 e. The minimum Gasteiger partial charge on any atom is -0.309 e. The summed E-state index contributed by atoms with van der Waals surface area (Å²) in [5.74, 6) is 0.654. The molecule has 4 nitrogen and oxygen atoms in total. The summed E-state index contributed by atoms with van der Waals surface area (Å²) in [5, 5.41) is 4.92. The predicted molar refractivity (Wildman–Crippen MR) is 93.9 cm³/mol. The largest absolute Gasteiger partial charge is 0.309 e. The molecule has 0 fully saturated rings. The normalized spacial score (nSPS) is 12.4. The fourth-order valence-corrected chi connectivity index (χ4v) is 3.50. The van der Waals surface area contributed by atoms with Crippen LogP contribution in [0.3, 0.4) is 0 Å². The molecule has 2 heterocycles. The average molecular weight is 336 g/mol. The number of hydrogen-bond donors (Lipinski definition) is 2. The number of halogens is 1. The first kappa shape index (κ1) is 15.5. The fourth-order valence-electron chi connectivity index (χ4n) is 2.31. The molecule has 0 atom stereocenters. The number of H-pyrrole nitrogens is 1. The van der Waals surface area contributed by atoms with E-state index < -0.39 is 0 Å².